The molecule has 1 saturated heterocycles. The number of amides is 2. The third-order valence-electron chi connectivity index (χ3n) is 4.41. The van der Waals surface area contributed by atoms with E-state index in [0.717, 1.165) is 16.0 Å². The number of nitrogens with zero attached hydrogens (tertiary/aromatic N) is 1. The first-order valence-electron chi connectivity index (χ1n) is 8.72. The normalized spacial score (nSPS) is 15.1. The van der Waals surface area contributed by atoms with Gasteiger partial charge in [0.05, 0.1) is 6.54 Å². The molecule has 2 aromatic rings. The number of imide groups is 1. The van der Waals surface area contributed by atoms with Gasteiger partial charge in [-0.05, 0) is 28.2 Å². The third-order valence-corrected chi connectivity index (χ3v) is 4.41. The van der Waals surface area contributed by atoms with Gasteiger partial charge in [0.25, 0.3) is 5.91 Å². The summed E-state index contributed by atoms with van der Waals surface area (Å²) in [6, 6.07) is 17.5. The Morgan fingerprint density at radius 2 is 1.69 bits per heavy atom. The van der Waals surface area contributed by atoms with Crippen molar-refractivity contribution in [3.05, 3.63) is 71.3 Å². The summed E-state index contributed by atoms with van der Waals surface area (Å²) >= 11 is 0. The fraction of sp³-hybridized carbons (Fsp3) is 0.273. The maximum absolute atomic E-state index is 12.9. The van der Waals surface area contributed by atoms with Gasteiger partial charge < -0.3 is 4.74 Å². The van der Waals surface area contributed by atoms with E-state index in [1.54, 1.807) is 0 Å². The molecule has 1 heterocycles. The van der Waals surface area contributed by atoms with Crippen molar-refractivity contribution in [3.63, 3.8) is 0 Å². The lowest BCUT2D eigenvalue weighted by molar-refractivity contribution is -0.121. The Labute approximate surface area is 154 Å². The number of rotatable bonds is 3. The van der Waals surface area contributed by atoms with Crippen molar-refractivity contribution in [2.75, 3.05) is 13.2 Å². The Morgan fingerprint density at radius 3 is 2.23 bits per heavy atom. The standard InChI is InChI=1S/C22H23NO3/c1-22(2,3)18-11-9-16(10-12-18)15-19(17-7-5-4-6-8-17)20(24)23-13-14-26-21(23)25/h4-12,15H,13-14H2,1-3H3/b19-15+. The molecule has 0 atom stereocenters. The SMILES string of the molecule is CC(C)(C)c1ccc(/C=C(/C(=O)N2CCOC2=O)c2ccccc2)cc1. The molecule has 0 bridgehead atoms. The minimum Gasteiger partial charge on any atom is -0.447 e. The lowest BCUT2D eigenvalue weighted by Gasteiger charge is -2.19. The highest BCUT2D eigenvalue weighted by Gasteiger charge is 2.31. The molecular weight excluding hydrogens is 326 g/mol. The van der Waals surface area contributed by atoms with Crippen LogP contribution in [0.5, 0.6) is 0 Å². The van der Waals surface area contributed by atoms with Crippen LogP contribution in [-0.2, 0) is 14.9 Å². The molecule has 2 aromatic carbocycles. The first kappa shape index (κ1) is 17.9. The van der Waals surface area contributed by atoms with E-state index in [-0.39, 0.29) is 24.5 Å². The van der Waals surface area contributed by atoms with Gasteiger partial charge in [-0.25, -0.2) is 9.69 Å². The quantitative estimate of drug-likeness (QED) is 0.605. The highest BCUT2D eigenvalue weighted by Crippen LogP contribution is 2.25. The maximum Gasteiger partial charge on any atom is 0.416 e. The van der Waals surface area contributed by atoms with Gasteiger partial charge in [0.1, 0.15) is 6.61 Å². The Kier molecular flexibility index (Phi) is 4.94. The lowest BCUT2D eigenvalue weighted by atomic mass is 9.86. The van der Waals surface area contributed by atoms with Gasteiger partial charge in [-0.1, -0.05) is 75.4 Å². The fourth-order valence-corrected chi connectivity index (χ4v) is 2.86. The molecular formula is C22H23NO3. The molecule has 0 radical (unpaired) electrons. The van der Waals surface area contributed by atoms with Crippen molar-refractivity contribution in [3.8, 4) is 0 Å². The molecule has 1 fully saturated rings. The zero-order chi connectivity index (χ0) is 18.7. The maximum atomic E-state index is 12.9. The smallest absolute Gasteiger partial charge is 0.416 e. The average Bonchev–Trinajstić information content (AvgIpc) is 3.05. The molecule has 4 nitrogen and oxygen atoms in total. The van der Waals surface area contributed by atoms with E-state index in [1.165, 1.54) is 5.56 Å². The molecule has 0 N–H and O–H groups in total. The lowest BCUT2D eigenvalue weighted by Crippen LogP contribution is -2.32. The summed E-state index contributed by atoms with van der Waals surface area (Å²) in [7, 11) is 0. The van der Waals surface area contributed by atoms with Gasteiger partial charge >= 0.3 is 6.09 Å². The predicted molar refractivity (Wildman–Crippen MR) is 103 cm³/mol. The fourth-order valence-electron chi connectivity index (χ4n) is 2.86. The van der Waals surface area contributed by atoms with Crippen molar-refractivity contribution in [1.29, 1.82) is 0 Å². The number of carbonyl (C=O) groups excluding carboxylic acids is 2. The number of carbonyl (C=O) groups is 2. The molecule has 0 unspecified atom stereocenters. The van der Waals surface area contributed by atoms with Crippen LogP contribution in [0.25, 0.3) is 11.6 Å². The summed E-state index contributed by atoms with van der Waals surface area (Å²) < 4.78 is 4.91. The zero-order valence-corrected chi connectivity index (χ0v) is 15.4. The van der Waals surface area contributed by atoms with E-state index in [4.69, 9.17) is 4.74 Å². The number of benzene rings is 2. The van der Waals surface area contributed by atoms with E-state index in [2.05, 4.69) is 32.9 Å². The topological polar surface area (TPSA) is 46.6 Å². The van der Waals surface area contributed by atoms with Gasteiger partial charge in [0.2, 0.25) is 0 Å². The van der Waals surface area contributed by atoms with Crippen LogP contribution in [0.1, 0.15) is 37.5 Å². The molecule has 1 aliphatic heterocycles. The molecule has 1 aliphatic rings. The van der Waals surface area contributed by atoms with Gasteiger partial charge in [-0.3, -0.25) is 4.79 Å². The molecule has 3 rings (SSSR count). The summed E-state index contributed by atoms with van der Waals surface area (Å²) in [4.78, 5) is 25.9. The van der Waals surface area contributed by atoms with Crippen molar-refractivity contribution >= 4 is 23.6 Å². The van der Waals surface area contributed by atoms with E-state index in [1.807, 2.05) is 48.5 Å². The summed E-state index contributed by atoms with van der Waals surface area (Å²) in [5, 5.41) is 0. The first-order chi connectivity index (χ1) is 12.4. The zero-order valence-electron chi connectivity index (χ0n) is 15.4. The average molecular weight is 349 g/mol. The molecule has 134 valence electrons. The van der Waals surface area contributed by atoms with Crippen molar-refractivity contribution < 1.29 is 14.3 Å². The second kappa shape index (κ2) is 7.16. The monoisotopic (exact) mass is 349 g/mol. The summed E-state index contributed by atoms with van der Waals surface area (Å²) in [6.07, 6.45) is 1.25. The summed E-state index contributed by atoms with van der Waals surface area (Å²) in [6.45, 7) is 7.01. The minimum atomic E-state index is -0.583. The van der Waals surface area contributed by atoms with Crippen LogP contribution in [0.2, 0.25) is 0 Å². The molecule has 26 heavy (non-hydrogen) atoms. The third kappa shape index (κ3) is 3.85. The van der Waals surface area contributed by atoms with Crippen LogP contribution in [0, 0.1) is 0 Å². The van der Waals surface area contributed by atoms with Crippen LogP contribution in [0.15, 0.2) is 54.6 Å². The highest BCUT2D eigenvalue weighted by atomic mass is 16.6. The Hall–Kier alpha value is -2.88. The largest absolute Gasteiger partial charge is 0.447 e. The second-order valence-corrected chi connectivity index (χ2v) is 7.37. The minimum absolute atomic E-state index is 0.0691. The summed E-state index contributed by atoms with van der Waals surface area (Å²) in [5.41, 5.74) is 3.47. The highest BCUT2D eigenvalue weighted by molar-refractivity contribution is 6.27. The number of ether oxygens (including phenoxy) is 1. The van der Waals surface area contributed by atoms with Crippen LogP contribution >= 0.6 is 0 Å². The Bertz CT molecular complexity index is 830. The molecule has 0 spiro atoms. The van der Waals surface area contributed by atoms with Crippen LogP contribution in [0.4, 0.5) is 4.79 Å². The van der Waals surface area contributed by atoms with E-state index >= 15 is 0 Å². The molecule has 0 aromatic heterocycles. The van der Waals surface area contributed by atoms with Gasteiger partial charge in [0, 0.05) is 5.57 Å². The summed E-state index contributed by atoms with van der Waals surface area (Å²) in [5.74, 6) is -0.335. The van der Waals surface area contributed by atoms with Gasteiger partial charge in [0.15, 0.2) is 0 Å². The van der Waals surface area contributed by atoms with E-state index in [9.17, 15) is 9.59 Å². The number of hydrogen-bond donors (Lipinski definition) is 0. The van der Waals surface area contributed by atoms with E-state index in [0.29, 0.717) is 5.57 Å². The molecule has 0 aliphatic carbocycles. The Balaban J connectivity index is 1.99. The van der Waals surface area contributed by atoms with Crippen molar-refractivity contribution in [1.82, 2.24) is 4.90 Å². The number of cyclic esters (lactones) is 1. The van der Waals surface area contributed by atoms with Crippen LogP contribution in [-0.4, -0.2) is 30.1 Å². The van der Waals surface area contributed by atoms with E-state index < -0.39 is 6.09 Å². The van der Waals surface area contributed by atoms with Crippen LogP contribution < -0.4 is 0 Å². The molecule has 4 heteroatoms. The van der Waals surface area contributed by atoms with Crippen LogP contribution in [0.3, 0.4) is 0 Å². The second-order valence-electron chi connectivity index (χ2n) is 7.37. The first-order valence-corrected chi connectivity index (χ1v) is 8.72. The predicted octanol–water partition coefficient (Wildman–Crippen LogP) is 4.50. The molecule has 2 amide bonds. The number of hydrogen-bond acceptors (Lipinski definition) is 3. The molecule has 0 saturated carbocycles. The van der Waals surface area contributed by atoms with Crippen molar-refractivity contribution in [2.45, 2.75) is 26.2 Å². The Morgan fingerprint density at radius 1 is 1.04 bits per heavy atom. The van der Waals surface area contributed by atoms with Crippen molar-refractivity contribution in [2.24, 2.45) is 0 Å². The van der Waals surface area contributed by atoms with Gasteiger partial charge in [-0.15, -0.1) is 0 Å². The van der Waals surface area contributed by atoms with Gasteiger partial charge in [-0.2, -0.15) is 0 Å².